The summed E-state index contributed by atoms with van der Waals surface area (Å²) < 4.78 is 7.62. The van der Waals surface area contributed by atoms with Crippen molar-refractivity contribution in [3.05, 3.63) is 6.33 Å². The standard InChI is InChI=1S/C15H24N6O2/c22-15(7-21-9-17-19-20-21)18-13-3-11-5-16-6-12(11)4-14(13)23-8-10-1-2-10/h9-14,16H,1-8H2,(H,18,22)/t11-,12+,13-,14-/m0/s1. The van der Waals surface area contributed by atoms with E-state index in [-0.39, 0.29) is 24.6 Å². The second kappa shape index (κ2) is 6.52. The molecule has 1 aromatic heterocycles. The number of hydrogen-bond donors (Lipinski definition) is 2. The average Bonchev–Trinajstić information content (AvgIpc) is 3.02. The predicted molar refractivity (Wildman–Crippen MR) is 81.3 cm³/mol. The van der Waals surface area contributed by atoms with E-state index in [1.807, 2.05) is 0 Å². The normalized spacial score (nSPS) is 33.4. The number of nitrogens with zero attached hydrogens (tertiary/aromatic N) is 4. The maximum Gasteiger partial charge on any atom is 0.242 e. The van der Waals surface area contributed by atoms with E-state index in [9.17, 15) is 4.79 Å². The van der Waals surface area contributed by atoms with Gasteiger partial charge in [-0.2, -0.15) is 0 Å². The van der Waals surface area contributed by atoms with Gasteiger partial charge in [0.1, 0.15) is 12.9 Å². The smallest absolute Gasteiger partial charge is 0.242 e. The molecule has 0 spiro atoms. The number of aromatic nitrogens is 4. The van der Waals surface area contributed by atoms with Crippen molar-refractivity contribution in [3.63, 3.8) is 0 Å². The zero-order valence-electron chi connectivity index (χ0n) is 13.2. The van der Waals surface area contributed by atoms with Gasteiger partial charge in [-0.1, -0.05) is 0 Å². The summed E-state index contributed by atoms with van der Waals surface area (Å²) in [6.45, 7) is 3.14. The topological polar surface area (TPSA) is 94.0 Å². The molecule has 3 aliphatic rings. The van der Waals surface area contributed by atoms with Crippen molar-refractivity contribution in [2.24, 2.45) is 17.8 Å². The monoisotopic (exact) mass is 320 g/mol. The summed E-state index contributed by atoms with van der Waals surface area (Å²) in [5.41, 5.74) is 0. The zero-order valence-corrected chi connectivity index (χ0v) is 13.2. The number of nitrogens with one attached hydrogen (secondary N) is 2. The molecular formula is C15H24N6O2. The summed E-state index contributed by atoms with van der Waals surface area (Å²) in [5.74, 6) is 2.03. The van der Waals surface area contributed by atoms with E-state index in [0.29, 0.717) is 11.8 Å². The summed E-state index contributed by atoms with van der Waals surface area (Å²) in [4.78, 5) is 12.3. The minimum absolute atomic E-state index is 0.0493. The minimum atomic E-state index is -0.0493. The molecule has 1 saturated heterocycles. The first-order chi connectivity index (χ1) is 11.3. The Morgan fingerprint density at radius 1 is 1.30 bits per heavy atom. The van der Waals surface area contributed by atoms with Gasteiger partial charge in [0.15, 0.2) is 0 Å². The lowest BCUT2D eigenvalue weighted by molar-refractivity contribution is -0.125. The Balaban J connectivity index is 1.36. The molecule has 23 heavy (non-hydrogen) atoms. The molecule has 0 unspecified atom stereocenters. The van der Waals surface area contributed by atoms with Crippen LogP contribution in [-0.4, -0.2) is 58.0 Å². The summed E-state index contributed by atoms with van der Waals surface area (Å²) >= 11 is 0. The zero-order chi connectivity index (χ0) is 15.6. The van der Waals surface area contributed by atoms with Crippen molar-refractivity contribution in [3.8, 4) is 0 Å². The summed E-state index contributed by atoms with van der Waals surface area (Å²) in [6, 6.07) is 0.0962. The van der Waals surface area contributed by atoms with Crippen LogP contribution in [0.15, 0.2) is 6.33 Å². The Labute approximate surface area is 135 Å². The van der Waals surface area contributed by atoms with Crippen molar-refractivity contribution in [1.29, 1.82) is 0 Å². The maximum atomic E-state index is 12.3. The first-order valence-electron chi connectivity index (χ1n) is 8.60. The Morgan fingerprint density at radius 2 is 2.13 bits per heavy atom. The van der Waals surface area contributed by atoms with Gasteiger partial charge in [0.05, 0.1) is 12.1 Å². The molecular weight excluding hydrogens is 296 g/mol. The van der Waals surface area contributed by atoms with E-state index in [1.165, 1.54) is 23.9 Å². The number of ether oxygens (including phenoxy) is 1. The maximum absolute atomic E-state index is 12.3. The first kappa shape index (κ1) is 15.0. The summed E-state index contributed by atoms with van der Waals surface area (Å²) in [5, 5.41) is 17.5. The van der Waals surface area contributed by atoms with E-state index in [2.05, 4.69) is 26.2 Å². The van der Waals surface area contributed by atoms with Crippen molar-refractivity contribution in [1.82, 2.24) is 30.8 Å². The van der Waals surface area contributed by atoms with E-state index in [1.54, 1.807) is 0 Å². The van der Waals surface area contributed by atoms with Crippen LogP contribution in [0.25, 0.3) is 0 Å². The van der Waals surface area contributed by atoms with E-state index < -0.39 is 0 Å². The number of carbonyl (C=O) groups excluding carboxylic acids is 1. The molecule has 2 aliphatic carbocycles. The Hall–Kier alpha value is -1.54. The summed E-state index contributed by atoms with van der Waals surface area (Å²) in [6.07, 6.45) is 6.20. The predicted octanol–water partition coefficient (Wildman–Crippen LogP) is -0.417. The van der Waals surface area contributed by atoms with Gasteiger partial charge in [-0.15, -0.1) is 5.10 Å². The molecule has 8 heteroatoms. The third-order valence-corrected chi connectivity index (χ3v) is 5.31. The van der Waals surface area contributed by atoms with Crippen LogP contribution in [0.2, 0.25) is 0 Å². The number of carbonyl (C=O) groups is 1. The van der Waals surface area contributed by atoms with Crippen molar-refractivity contribution in [2.45, 2.75) is 44.4 Å². The second-order valence-electron chi connectivity index (χ2n) is 7.15. The average molecular weight is 320 g/mol. The van der Waals surface area contributed by atoms with Gasteiger partial charge in [0.25, 0.3) is 0 Å². The second-order valence-corrected chi connectivity index (χ2v) is 7.15. The number of amides is 1. The molecule has 1 aliphatic heterocycles. The highest BCUT2D eigenvalue weighted by atomic mass is 16.5. The van der Waals surface area contributed by atoms with Crippen molar-refractivity contribution >= 4 is 5.91 Å². The number of rotatable bonds is 6. The molecule has 0 aromatic carbocycles. The molecule has 2 N–H and O–H groups in total. The molecule has 0 bridgehead atoms. The molecule has 1 aromatic rings. The fraction of sp³-hybridized carbons (Fsp3) is 0.867. The third-order valence-electron chi connectivity index (χ3n) is 5.31. The van der Waals surface area contributed by atoms with Crippen LogP contribution >= 0.6 is 0 Å². The van der Waals surface area contributed by atoms with Gasteiger partial charge in [-0.05, 0) is 67.0 Å². The highest BCUT2D eigenvalue weighted by Crippen LogP contribution is 2.36. The molecule has 4 atom stereocenters. The lowest BCUT2D eigenvalue weighted by atomic mass is 9.77. The Bertz CT molecular complexity index is 532. The van der Waals surface area contributed by atoms with Gasteiger partial charge < -0.3 is 15.4 Å². The fourth-order valence-corrected chi connectivity index (χ4v) is 3.81. The largest absolute Gasteiger partial charge is 0.376 e. The molecule has 2 saturated carbocycles. The highest BCUT2D eigenvalue weighted by molar-refractivity contribution is 5.76. The van der Waals surface area contributed by atoms with Crippen LogP contribution in [-0.2, 0) is 16.1 Å². The number of hydrogen-bond acceptors (Lipinski definition) is 6. The first-order valence-corrected chi connectivity index (χ1v) is 8.60. The molecule has 1 amide bonds. The SMILES string of the molecule is O=C(Cn1cnnn1)N[C@H]1C[C@H]2CNC[C@H]2C[C@@H]1OCC1CC1. The lowest BCUT2D eigenvalue weighted by Crippen LogP contribution is -2.51. The van der Waals surface area contributed by atoms with Gasteiger partial charge in [-0.25, -0.2) is 4.68 Å². The van der Waals surface area contributed by atoms with Crippen LogP contribution in [0.4, 0.5) is 0 Å². The van der Waals surface area contributed by atoms with Gasteiger partial charge >= 0.3 is 0 Å². The molecule has 3 fully saturated rings. The van der Waals surface area contributed by atoms with E-state index >= 15 is 0 Å². The Morgan fingerprint density at radius 3 is 2.87 bits per heavy atom. The molecule has 2 heterocycles. The highest BCUT2D eigenvalue weighted by Gasteiger charge is 2.41. The van der Waals surface area contributed by atoms with Crippen molar-refractivity contribution < 1.29 is 9.53 Å². The minimum Gasteiger partial charge on any atom is -0.376 e. The molecule has 8 nitrogen and oxygen atoms in total. The van der Waals surface area contributed by atoms with Crippen LogP contribution in [0.3, 0.4) is 0 Å². The van der Waals surface area contributed by atoms with Gasteiger partial charge in [0.2, 0.25) is 5.91 Å². The van der Waals surface area contributed by atoms with Crippen LogP contribution < -0.4 is 10.6 Å². The van der Waals surface area contributed by atoms with Gasteiger partial charge in [-0.3, -0.25) is 4.79 Å². The lowest BCUT2D eigenvalue weighted by Gasteiger charge is -2.38. The molecule has 126 valence electrons. The van der Waals surface area contributed by atoms with Crippen LogP contribution in [0.1, 0.15) is 25.7 Å². The van der Waals surface area contributed by atoms with Crippen LogP contribution in [0.5, 0.6) is 0 Å². The Kier molecular flexibility index (Phi) is 4.26. The van der Waals surface area contributed by atoms with Crippen LogP contribution in [0, 0.1) is 17.8 Å². The third kappa shape index (κ3) is 3.69. The van der Waals surface area contributed by atoms with Gasteiger partial charge in [0, 0.05) is 6.61 Å². The van der Waals surface area contributed by atoms with Crippen molar-refractivity contribution in [2.75, 3.05) is 19.7 Å². The fourth-order valence-electron chi connectivity index (χ4n) is 3.81. The molecule has 4 rings (SSSR count). The van der Waals surface area contributed by atoms with E-state index in [4.69, 9.17) is 4.74 Å². The number of fused-ring (bicyclic) bond motifs is 1. The van der Waals surface area contributed by atoms with E-state index in [0.717, 1.165) is 38.5 Å². The summed E-state index contributed by atoms with van der Waals surface area (Å²) in [7, 11) is 0. The molecule has 0 radical (unpaired) electrons. The number of tetrazole rings is 1. The quantitative estimate of drug-likeness (QED) is 0.739.